The van der Waals surface area contributed by atoms with E-state index in [0.717, 1.165) is 50.3 Å². The highest BCUT2D eigenvalue weighted by Gasteiger charge is 2.34. The topological polar surface area (TPSA) is 49.5 Å². The fraction of sp³-hybridized carbons (Fsp3) is 0.667. The second kappa shape index (κ2) is 7.31. The van der Waals surface area contributed by atoms with Gasteiger partial charge in [-0.05, 0) is 49.4 Å². The number of hydrogen-bond acceptors (Lipinski definition) is 3. The lowest BCUT2D eigenvalue weighted by Gasteiger charge is -2.36. The van der Waals surface area contributed by atoms with E-state index in [1.54, 1.807) is 0 Å². The molecule has 0 bridgehead atoms. The quantitative estimate of drug-likeness (QED) is 0.896. The first kappa shape index (κ1) is 16.3. The third-order valence-electron chi connectivity index (χ3n) is 5.34. The summed E-state index contributed by atoms with van der Waals surface area (Å²) in [6.45, 7) is 3.02. The maximum atomic E-state index is 10.5. The molecule has 4 heteroatoms. The maximum Gasteiger partial charge on any atom is 0.0574 e. The molecular formula is C18H27ClN2O. The highest BCUT2D eigenvalue weighted by Crippen LogP contribution is 2.38. The van der Waals surface area contributed by atoms with E-state index in [1.165, 1.54) is 12.0 Å². The summed E-state index contributed by atoms with van der Waals surface area (Å²) in [5.74, 6) is 0.684. The van der Waals surface area contributed by atoms with Crippen LogP contribution in [0.1, 0.15) is 43.6 Å². The standard InChI is InChI=1S/C18H27ClN2O/c19-14-5-3-4-13(10-14)17(12-21-9-8-15(20)11-21)16-6-1-2-7-18(16)22/h3-5,10,15-18,22H,1-2,6-9,11-12,20H2/t15-,16?,17-,18?/m0/s1. The molecule has 0 aromatic heterocycles. The Morgan fingerprint density at radius 2 is 2.09 bits per heavy atom. The summed E-state index contributed by atoms with van der Waals surface area (Å²) in [5.41, 5.74) is 7.32. The summed E-state index contributed by atoms with van der Waals surface area (Å²) in [6, 6.07) is 8.48. The molecule has 1 aromatic carbocycles. The van der Waals surface area contributed by atoms with Crippen molar-refractivity contribution >= 4 is 11.6 Å². The van der Waals surface area contributed by atoms with Gasteiger partial charge >= 0.3 is 0 Å². The van der Waals surface area contributed by atoms with Gasteiger partial charge < -0.3 is 15.7 Å². The Morgan fingerprint density at radius 3 is 2.77 bits per heavy atom. The minimum Gasteiger partial charge on any atom is -0.393 e. The maximum absolute atomic E-state index is 10.5. The van der Waals surface area contributed by atoms with E-state index in [4.69, 9.17) is 17.3 Å². The van der Waals surface area contributed by atoms with Gasteiger partial charge in [-0.2, -0.15) is 0 Å². The Morgan fingerprint density at radius 1 is 1.27 bits per heavy atom. The first-order valence-electron chi connectivity index (χ1n) is 8.55. The number of aliphatic hydroxyl groups excluding tert-OH is 1. The largest absolute Gasteiger partial charge is 0.393 e. The Hall–Kier alpha value is -0.610. The van der Waals surface area contributed by atoms with Crippen molar-refractivity contribution in [2.75, 3.05) is 19.6 Å². The minimum absolute atomic E-state index is 0.186. The van der Waals surface area contributed by atoms with Crippen LogP contribution >= 0.6 is 11.6 Å². The zero-order chi connectivity index (χ0) is 15.5. The van der Waals surface area contributed by atoms with Crippen molar-refractivity contribution in [2.45, 2.75) is 50.2 Å². The van der Waals surface area contributed by atoms with Gasteiger partial charge in [-0.25, -0.2) is 0 Å². The molecule has 0 amide bonds. The smallest absolute Gasteiger partial charge is 0.0574 e. The molecule has 3 nitrogen and oxygen atoms in total. The van der Waals surface area contributed by atoms with Crippen molar-refractivity contribution in [3.63, 3.8) is 0 Å². The Labute approximate surface area is 138 Å². The van der Waals surface area contributed by atoms with Crippen LogP contribution in [0.15, 0.2) is 24.3 Å². The fourth-order valence-electron chi connectivity index (χ4n) is 4.14. The van der Waals surface area contributed by atoms with E-state index in [2.05, 4.69) is 17.0 Å². The van der Waals surface area contributed by atoms with Crippen molar-refractivity contribution in [3.05, 3.63) is 34.9 Å². The number of nitrogens with zero attached hydrogens (tertiary/aromatic N) is 1. The molecule has 1 aromatic rings. The van der Waals surface area contributed by atoms with Crippen LogP contribution in [0, 0.1) is 5.92 Å². The highest BCUT2D eigenvalue weighted by molar-refractivity contribution is 6.30. The monoisotopic (exact) mass is 322 g/mol. The van der Waals surface area contributed by atoms with E-state index in [-0.39, 0.29) is 6.10 Å². The Bertz CT molecular complexity index is 496. The molecular weight excluding hydrogens is 296 g/mol. The number of nitrogens with two attached hydrogens (primary N) is 1. The van der Waals surface area contributed by atoms with Crippen LogP contribution in [0.4, 0.5) is 0 Å². The van der Waals surface area contributed by atoms with Crippen LogP contribution < -0.4 is 5.73 Å². The predicted octanol–water partition coefficient (Wildman–Crippen LogP) is 3.01. The van der Waals surface area contributed by atoms with Crippen LogP contribution in [-0.4, -0.2) is 41.8 Å². The summed E-state index contributed by atoms with van der Waals surface area (Å²) < 4.78 is 0. The van der Waals surface area contributed by atoms with Crippen molar-refractivity contribution in [1.82, 2.24) is 4.90 Å². The second-order valence-corrected chi connectivity index (χ2v) is 7.42. The Kier molecular flexibility index (Phi) is 5.40. The number of rotatable bonds is 4. The summed E-state index contributed by atoms with van der Waals surface area (Å²) >= 11 is 6.21. The molecule has 2 aliphatic rings. The molecule has 122 valence electrons. The SMILES string of the molecule is N[C@H]1CCN(C[C@@H](c2cccc(Cl)c2)C2CCCCC2O)C1. The van der Waals surface area contributed by atoms with Gasteiger partial charge in [-0.15, -0.1) is 0 Å². The van der Waals surface area contributed by atoms with Crippen LogP contribution in [0.25, 0.3) is 0 Å². The van der Waals surface area contributed by atoms with Crippen molar-refractivity contribution < 1.29 is 5.11 Å². The third-order valence-corrected chi connectivity index (χ3v) is 5.57. The number of halogens is 1. The number of aliphatic hydroxyl groups is 1. The molecule has 4 atom stereocenters. The molecule has 1 saturated heterocycles. The Balaban J connectivity index is 1.81. The summed E-state index contributed by atoms with van der Waals surface area (Å²) in [6.07, 6.45) is 5.30. The van der Waals surface area contributed by atoms with Crippen molar-refractivity contribution in [1.29, 1.82) is 0 Å². The number of likely N-dealkylation sites (tertiary alicyclic amines) is 1. The summed E-state index contributed by atoms with van der Waals surface area (Å²) in [5, 5.41) is 11.3. The minimum atomic E-state index is -0.186. The molecule has 22 heavy (non-hydrogen) atoms. The molecule has 2 fully saturated rings. The molecule has 1 aliphatic carbocycles. The van der Waals surface area contributed by atoms with Crippen LogP contribution in [0.2, 0.25) is 5.02 Å². The van der Waals surface area contributed by atoms with E-state index >= 15 is 0 Å². The van der Waals surface area contributed by atoms with Gasteiger partial charge in [-0.1, -0.05) is 36.6 Å². The molecule has 1 aliphatic heterocycles. The fourth-order valence-corrected chi connectivity index (χ4v) is 4.34. The van der Waals surface area contributed by atoms with Crippen molar-refractivity contribution in [2.24, 2.45) is 11.7 Å². The lowest BCUT2D eigenvalue weighted by atomic mass is 9.75. The van der Waals surface area contributed by atoms with Crippen molar-refractivity contribution in [3.8, 4) is 0 Å². The molecule has 1 saturated carbocycles. The number of benzene rings is 1. The van der Waals surface area contributed by atoms with E-state index < -0.39 is 0 Å². The molecule has 1 heterocycles. The van der Waals surface area contributed by atoms with E-state index in [0.29, 0.717) is 17.9 Å². The van der Waals surface area contributed by atoms with Gasteiger partial charge in [0.15, 0.2) is 0 Å². The zero-order valence-electron chi connectivity index (χ0n) is 13.1. The van der Waals surface area contributed by atoms with E-state index in [1.807, 2.05) is 12.1 Å². The van der Waals surface area contributed by atoms with Gasteiger partial charge in [0.05, 0.1) is 6.10 Å². The van der Waals surface area contributed by atoms with Crippen LogP contribution in [0.5, 0.6) is 0 Å². The normalized spacial score (nSPS) is 31.3. The average molecular weight is 323 g/mol. The first-order chi connectivity index (χ1) is 10.6. The zero-order valence-corrected chi connectivity index (χ0v) is 13.9. The molecule has 3 N–H and O–H groups in total. The van der Waals surface area contributed by atoms with Gasteiger partial charge in [0.1, 0.15) is 0 Å². The van der Waals surface area contributed by atoms with Gasteiger partial charge in [0.25, 0.3) is 0 Å². The third kappa shape index (κ3) is 3.83. The average Bonchev–Trinajstić information content (AvgIpc) is 2.91. The predicted molar refractivity (Wildman–Crippen MR) is 91.2 cm³/mol. The lowest BCUT2D eigenvalue weighted by Crippen LogP contribution is -2.37. The van der Waals surface area contributed by atoms with Gasteiger partial charge in [0, 0.05) is 30.1 Å². The first-order valence-corrected chi connectivity index (χ1v) is 8.93. The second-order valence-electron chi connectivity index (χ2n) is 6.99. The van der Waals surface area contributed by atoms with Crippen LogP contribution in [0.3, 0.4) is 0 Å². The number of hydrogen-bond donors (Lipinski definition) is 2. The molecule has 0 spiro atoms. The van der Waals surface area contributed by atoms with Gasteiger partial charge in [0.2, 0.25) is 0 Å². The molecule has 3 rings (SSSR count). The summed E-state index contributed by atoms with van der Waals surface area (Å²) in [4.78, 5) is 2.46. The lowest BCUT2D eigenvalue weighted by molar-refractivity contribution is 0.0476. The molecule has 0 radical (unpaired) electrons. The van der Waals surface area contributed by atoms with Gasteiger partial charge in [-0.3, -0.25) is 0 Å². The van der Waals surface area contributed by atoms with Crippen LogP contribution in [-0.2, 0) is 0 Å². The highest BCUT2D eigenvalue weighted by atomic mass is 35.5. The summed E-state index contributed by atoms with van der Waals surface area (Å²) in [7, 11) is 0. The van der Waals surface area contributed by atoms with E-state index in [9.17, 15) is 5.11 Å². The molecule has 2 unspecified atom stereocenters.